The number of nitrogens with one attached hydrogen (secondary N) is 1. The molecular weight excluding hydrogens is 356 g/mol. The Kier molecular flexibility index (Phi) is 7.04. The molecule has 1 amide bonds. The molecule has 2 aromatic carbocycles. The number of hydrogen-bond donors (Lipinski definition) is 1. The van der Waals surface area contributed by atoms with Crippen molar-refractivity contribution in [1.82, 2.24) is 5.43 Å². The third-order valence-electron chi connectivity index (χ3n) is 4.24. The quantitative estimate of drug-likeness (QED) is 0.580. The van der Waals surface area contributed by atoms with Crippen LogP contribution in [0.5, 0.6) is 17.2 Å². The molecule has 2 rings (SSSR count). The van der Waals surface area contributed by atoms with Gasteiger partial charge in [-0.05, 0) is 42.2 Å². The average molecular weight is 384 g/mol. The summed E-state index contributed by atoms with van der Waals surface area (Å²) in [5.74, 6) is 1.60. The molecule has 6 nitrogen and oxygen atoms in total. The number of ether oxygens (including phenoxy) is 3. The second-order valence-corrected chi connectivity index (χ2v) is 7.36. The first-order valence-corrected chi connectivity index (χ1v) is 9.03. The Labute approximate surface area is 166 Å². The van der Waals surface area contributed by atoms with Gasteiger partial charge < -0.3 is 14.2 Å². The van der Waals surface area contributed by atoms with Crippen molar-refractivity contribution in [3.63, 3.8) is 0 Å². The van der Waals surface area contributed by atoms with Gasteiger partial charge in [0.25, 0.3) is 5.91 Å². The van der Waals surface area contributed by atoms with Crippen LogP contribution in [-0.2, 0) is 10.2 Å². The van der Waals surface area contributed by atoms with E-state index in [0.717, 1.165) is 5.56 Å². The van der Waals surface area contributed by atoms with Crippen LogP contribution in [0.2, 0.25) is 0 Å². The van der Waals surface area contributed by atoms with Crippen molar-refractivity contribution in [3.05, 3.63) is 53.6 Å². The van der Waals surface area contributed by atoms with Crippen LogP contribution < -0.4 is 19.6 Å². The number of rotatable bonds is 7. The lowest BCUT2D eigenvalue weighted by molar-refractivity contribution is -0.123. The minimum atomic E-state index is -0.341. The predicted molar refractivity (Wildman–Crippen MR) is 111 cm³/mol. The van der Waals surface area contributed by atoms with Crippen LogP contribution in [0, 0.1) is 0 Å². The first-order valence-electron chi connectivity index (χ1n) is 9.03. The van der Waals surface area contributed by atoms with Gasteiger partial charge in [0, 0.05) is 11.6 Å². The monoisotopic (exact) mass is 384 g/mol. The third kappa shape index (κ3) is 5.74. The SMILES string of the molecule is COc1ccc(/C(C)=N\NC(=O)COc2ccc(C(C)(C)C)cc2)c(OC)c1. The van der Waals surface area contributed by atoms with E-state index in [2.05, 4.69) is 31.3 Å². The normalized spacial score (nSPS) is 11.7. The lowest BCUT2D eigenvalue weighted by Gasteiger charge is -2.19. The van der Waals surface area contributed by atoms with E-state index in [4.69, 9.17) is 14.2 Å². The molecule has 0 atom stereocenters. The first-order chi connectivity index (χ1) is 13.2. The van der Waals surface area contributed by atoms with E-state index < -0.39 is 0 Å². The zero-order valence-electron chi connectivity index (χ0n) is 17.3. The van der Waals surface area contributed by atoms with Crippen LogP contribution >= 0.6 is 0 Å². The van der Waals surface area contributed by atoms with Gasteiger partial charge in [0.15, 0.2) is 6.61 Å². The number of benzene rings is 2. The van der Waals surface area contributed by atoms with Crippen molar-refractivity contribution in [1.29, 1.82) is 0 Å². The molecule has 6 heteroatoms. The average Bonchev–Trinajstić information content (AvgIpc) is 2.69. The van der Waals surface area contributed by atoms with E-state index in [1.165, 1.54) is 5.56 Å². The van der Waals surface area contributed by atoms with Crippen LogP contribution in [0.15, 0.2) is 47.6 Å². The molecule has 150 valence electrons. The Morgan fingerprint density at radius 3 is 2.21 bits per heavy atom. The summed E-state index contributed by atoms with van der Waals surface area (Å²) in [7, 11) is 3.16. The molecule has 0 aliphatic carbocycles. The van der Waals surface area contributed by atoms with Crippen LogP contribution in [0.3, 0.4) is 0 Å². The third-order valence-corrected chi connectivity index (χ3v) is 4.24. The lowest BCUT2D eigenvalue weighted by atomic mass is 9.87. The van der Waals surface area contributed by atoms with Crippen molar-refractivity contribution >= 4 is 11.6 Å². The zero-order chi connectivity index (χ0) is 20.7. The van der Waals surface area contributed by atoms with Crippen LogP contribution in [0.25, 0.3) is 0 Å². The Morgan fingerprint density at radius 2 is 1.64 bits per heavy atom. The highest BCUT2D eigenvalue weighted by atomic mass is 16.5. The maximum Gasteiger partial charge on any atom is 0.277 e. The predicted octanol–water partition coefficient (Wildman–Crippen LogP) is 3.92. The first kappa shape index (κ1) is 21.3. The lowest BCUT2D eigenvalue weighted by Crippen LogP contribution is -2.25. The van der Waals surface area contributed by atoms with E-state index in [9.17, 15) is 4.79 Å². The summed E-state index contributed by atoms with van der Waals surface area (Å²) >= 11 is 0. The van der Waals surface area contributed by atoms with Crippen LogP contribution in [0.4, 0.5) is 0 Å². The van der Waals surface area contributed by atoms with E-state index >= 15 is 0 Å². The summed E-state index contributed by atoms with van der Waals surface area (Å²) in [5, 5.41) is 4.13. The van der Waals surface area contributed by atoms with Gasteiger partial charge in [0.1, 0.15) is 17.2 Å². The summed E-state index contributed by atoms with van der Waals surface area (Å²) in [4.78, 5) is 12.0. The van der Waals surface area contributed by atoms with Gasteiger partial charge >= 0.3 is 0 Å². The molecule has 0 heterocycles. The molecule has 2 aromatic rings. The largest absolute Gasteiger partial charge is 0.497 e. The molecule has 0 aromatic heterocycles. The smallest absolute Gasteiger partial charge is 0.277 e. The van der Waals surface area contributed by atoms with E-state index in [1.807, 2.05) is 36.4 Å². The van der Waals surface area contributed by atoms with Crippen molar-refractivity contribution in [2.45, 2.75) is 33.1 Å². The highest BCUT2D eigenvalue weighted by Gasteiger charge is 2.13. The van der Waals surface area contributed by atoms with Crippen molar-refractivity contribution < 1.29 is 19.0 Å². The standard InChI is InChI=1S/C22H28N2O4/c1-15(19-12-11-18(26-5)13-20(19)27-6)23-24-21(25)14-28-17-9-7-16(8-10-17)22(2,3)4/h7-13H,14H2,1-6H3,(H,24,25)/b23-15-. The maximum absolute atomic E-state index is 12.0. The number of nitrogens with zero attached hydrogens (tertiary/aromatic N) is 1. The van der Waals surface area contributed by atoms with E-state index in [1.54, 1.807) is 27.2 Å². The minimum Gasteiger partial charge on any atom is -0.497 e. The molecule has 0 aliphatic heterocycles. The van der Waals surface area contributed by atoms with Crippen molar-refractivity contribution in [2.75, 3.05) is 20.8 Å². The number of carbonyl (C=O) groups is 1. The van der Waals surface area contributed by atoms with Gasteiger partial charge in [-0.3, -0.25) is 4.79 Å². The second-order valence-electron chi connectivity index (χ2n) is 7.36. The summed E-state index contributed by atoms with van der Waals surface area (Å²) < 4.78 is 16.1. The fourth-order valence-corrected chi connectivity index (χ4v) is 2.54. The van der Waals surface area contributed by atoms with E-state index in [0.29, 0.717) is 23.0 Å². The molecule has 0 fully saturated rings. The molecule has 0 saturated heterocycles. The highest BCUT2D eigenvalue weighted by Crippen LogP contribution is 2.25. The number of hydrazone groups is 1. The van der Waals surface area contributed by atoms with Gasteiger partial charge in [-0.25, -0.2) is 5.43 Å². The molecule has 0 radical (unpaired) electrons. The number of amides is 1. The molecular formula is C22H28N2O4. The van der Waals surface area contributed by atoms with Crippen molar-refractivity contribution in [2.24, 2.45) is 5.10 Å². The van der Waals surface area contributed by atoms with Gasteiger partial charge in [-0.15, -0.1) is 0 Å². The molecule has 0 saturated carbocycles. The van der Waals surface area contributed by atoms with Crippen LogP contribution in [0.1, 0.15) is 38.8 Å². The maximum atomic E-state index is 12.0. The fraction of sp³-hybridized carbons (Fsp3) is 0.364. The van der Waals surface area contributed by atoms with Crippen LogP contribution in [-0.4, -0.2) is 32.4 Å². The summed E-state index contributed by atoms with van der Waals surface area (Å²) in [6, 6.07) is 13.1. The zero-order valence-corrected chi connectivity index (χ0v) is 17.3. The molecule has 0 unspecified atom stereocenters. The molecule has 0 bridgehead atoms. The van der Waals surface area contributed by atoms with Gasteiger partial charge in [0.2, 0.25) is 0 Å². The van der Waals surface area contributed by atoms with Gasteiger partial charge in [-0.1, -0.05) is 32.9 Å². The Balaban J connectivity index is 1.94. The highest BCUT2D eigenvalue weighted by molar-refractivity contribution is 6.01. The number of carbonyl (C=O) groups excluding carboxylic acids is 1. The summed E-state index contributed by atoms with van der Waals surface area (Å²) in [6.07, 6.45) is 0. The number of hydrogen-bond acceptors (Lipinski definition) is 5. The topological polar surface area (TPSA) is 69.2 Å². The number of methoxy groups -OCH3 is 2. The Hall–Kier alpha value is -3.02. The van der Waals surface area contributed by atoms with Crippen molar-refractivity contribution in [3.8, 4) is 17.2 Å². The second kappa shape index (κ2) is 9.26. The molecule has 28 heavy (non-hydrogen) atoms. The van der Waals surface area contributed by atoms with Gasteiger partial charge in [-0.2, -0.15) is 5.10 Å². The molecule has 1 N–H and O–H groups in total. The fourth-order valence-electron chi connectivity index (χ4n) is 2.54. The summed E-state index contributed by atoms with van der Waals surface area (Å²) in [6.45, 7) is 8.11. The Bertz CT molecular complexity index is 837. The minimum absolute atomic E-state index is 0.0741. The Morgan fingerprint density at radius 1 is 1.00 bits per heavy atom. The van der Waals surface area contributed by atoms with E-state index in [-0.39, 0.29) is 17.9 Å². The molecule has 0 spiro atoms. The summed E-state index contributed by atoms with van der Waals surface area (Å²) in [5.41, 5.74) is 5.16. The molecule has 0 aliphatic rings. The van der Waals surface area contributed by atoms with Gasteiger partial charge in [0.05, 0.1) is 19.9 Å².